The molecule has 0 aliphatic carbocycles. The zero-order chi connectivity index (χ0) is 23.9. The summed E-state index contributed by atoms with van der Waals surface area (Å²) >= 11 is 0. The number of hydrogen-bond donors (Lipinski definition) is 1. The van der Waals surface area contributed by atoms with Crippen molar-refractivity contribution >= 4 is 23.1 Å². The zero-order valence-electron chi connectivity index (χ0n) is 19.7. The Morgan fingerprint density at radius 1 is 1.24 bits per heavy atom. The number of fused-ring (bicyclic) bond motifs is 1. The number of carbonyl (C=O) groups excluding carboxylic acids is 1. The summed E-state index contributed by atoms with van der Waals surface area (Å²) in [7, 11) is 1.59. The number of nitrogens with two attached hydrogens (primary N) is 1. The standard InChI is InChI=1S/C23H30N6O4/c1-14-8-9-15(11-17(14)32-5)28-18-19(24)25-13-26-20(18)29(21(28)30)16-7-6-10-27(12-16)22(31)33-23(2,3)4/h8-9,11,13,16H,6-7,10,12H2,1-5H3,(H2,24,25,26). The summed E-state index contributed by atoms with van der Waals surface area (Å²) in [6, 6.07) is 5.24. The van der Waals surface area contributed by atoms with E-state index >= 15 is 0 Å². The second-order valence-corrected chi connectivity index (χ2v) is 9.30. The molecule has 1 atom stereocenters. The maximum absolute atomic E-state index is 13.8. The fourth-order valence-corrected chi connectivity index (χ4v) is 4.24. The van der Waals surface area contributed by atoms with E-state index in [2.05, 4.69) is 9.97 Å². The second-order valence-electron chi connectivity index (χ2n) is 9.30. The molecule has 1 aromatic carbocycles. The van der Waals surface area contributed by atoms with Gasteiger partial charge in [-0.1, -0.05) is 6.07 Å². The van der Waals surface area contributed by atoms with E-state index in [0.717, 1.165) is 18.4 Å². The Morgan fingerprint density at radius 2 is 2.00 bits per heavy atom. The molecule has 0 bridgehead atoms. The SMILES string of the molecule is COc1cc(-n2c(=O)n(C3CCCN(C(=O)OC(C)(C)C)C3)c3ncnc(N)c32)ccc1C. The van der Waals surface area contributed by atoms with Gasteiger partial charge in [0, 0.05) is 19.2 Å². The van der Waals surface area contributed by atoms with Gasteiger partial charge in [0.05, 0.1) is 18.8 Å². The predicted octanol–water partition coefficient (Wildman–Crippen LogP) is 3.05. The van der Waals surface area contributed by atoms with Gasteiger partial charge in [-0.15, -0.1) is 0 Å². The molecule has 1 aliphatic heterocycles. The van der Waals surface area contributed by atoms with Crippen LogP contribution in [0.25, 0.3) is 16.9 Å². The highest BCUT2D eigenvalue weighted by molar-refractivity contribution is 5.84. The molecular formula is C23H30N6O4. The molecule has 1 fully saturated rings. The van der Waals surface area contributed by atoms with Gasteiger partial charge in [-0.3, -0.25) is 9.13 Å². The molecule has 2 aromatic heterocycles. The van der Waals surface area contributed by atoms with Crippen LogP contribution in [0.15, 0.2) is 29.3 Å². The van der Waals surface area contributed by atoms with Crippen LogP contribution in [0.3, 0.4) is 0 Å². The number of nitrogens with zero attached hydrogens (tertiary/aromatic N) is 5. The van der Waals surface area contributed by atoms with Crippen LogP contribution in [0.2, 0.25) is 0 Å². The van der Waals surface area contributed by atoms with Gasteiger partial charge in [0.15, 0.2) is 11.5 Å². The van der Waals surface area contributed by atoms with E-state index < -0.39 is 5.60 Å². The molecule has 0 saturated carbocycles. The van der Waals surface area contributed by atoms with E-state index in [1.807, 2.05) is 39.8 Å². The van der Waals surface area contributed by atoms with Crippen LogP contribution in [-0.2, 0) is 4.74 Å². The number of carbonyl (C=O) groups is 1. The topological polar surface area (TPSA) is 118 Å². The fraction of sp³-hybridized carbons (Fsp3) is 0.478. The molecule has 1 unspecified atom stereocenters. The number of imidazole rings is 1. The number of likely N-dealkylation sites (tertiary alicyclic amines) is 1. The van der Waals surface area contributed by atoms with Crippen molar-refractivity contribution in [2.24, 2.45) is 0 Å². The van der Waals surface area contributed by atoms with Crippen molar-refractivity contribution in [1.82, 2.24) is 24.0 Å². The molecule has 2 N–H and O–H groups in total. The van der Waals surface area contributed by atoms with Crippen LogP contribution < -0.4 is 16.2 Å². The Labute approximate surface area is 191 Å². The van der Waals surface area contributed by atoms with Gasteiger partial charge < -0.3 is 20.1 Å². The van der Waals surface area contributed by atoms with Crippen LogP contribution in [0.4, 0.5) is 10.6 Å². The first-order valence-electron chi connectivity index (χ1n) is 11.0. The highest BCUT2D eigenvalue weighted by atomic mass is 16.6. The molecule has 3 aromatic rings. The van der Waals surface area contributed by atoms with Gasteiger partial charge >= 0.3 is 11.8 Å². The summed E-state index contributed by atoms with van der Waals surface area (Å²) in [4.78, 5) is 36.6. The second kappa shape index (κ2) is 8.42. The van der Waals surface area contributed by atoms with Crippen LogP contribution in [0.1, 0.15) is 45.2 Å². The van der Waals surface area contributed by atoms with Crippen LogP contribution >= 0.6 is 0 Å². The van der Waals surface area contributed by atoms with Gasteiger partial charge in [-0.05, 0) is 52.2 Å². The lowest BCUT2D eigenvalue weighted by molar-refractivity contribution is 0.0172. The summed E-state index contributed by atoms with van der Waals surface area (Å²) in [5.41, 5.74) is 7.74. The smallest absolute Gasteiger partial charge is 0.410 e. The van der Waals surface area contributed by atoms with Crippen molar-refractivity contribution in [3.8, 4) is 11.4 Å². The zero-order valence-corrected chi connectivity index (χ0v) is 19.7. The monoisotopic (exact) mass is 454 g/mol. The Kier molecular flexibility index (Phi) is 5.77. The molecular weight excluding hydrogens is 424 g/mol. The highest BCUT2D eigenvalue weighted by Crippen LogP contribution is 2.29. The van der Waals surface area contributed by atoms with Crippen molar-refractivity contribution in [2.45, 2.75) is 52.2 Å². The lowest BCUT2D eigenvalue weighted by atomic mass is 10.1. The molecule has 10 nitrogen and oxygen atoms in total. The van der Waals surface area contributed by atoms with Gasteiger partial charge in [-0.2, -0.15) is 0 Å². The minimum Gasteiger partial charge on any atom is -0.496 e. The number of rotatable bonds is 3. The fourth-order valence-electron chi connectivity index (χ4n) is 4.24. The molecule has 0 spiro atoms. The van der Waals surface area contributed by atoms with Crippen molar-refractivity contribution in [2.75, 3.05) is 25.9 Å². The van der Waals surface area contributed by atoms with E-state index in [0.29, 0.717) is 35.7 Å². The van der Waals surface area contributed by atoms with Gasteiger partial charge in [0.25, 0.3) is 0 Å². The molecule has 33 heavy (non-hydrogen) atoms. The molecule has 4 rings (SSSR count). The Balaban J connectivity index is 1.81. The van der Waals surface area contributed by atoms with Crippen molar-refractivity contribution in [3.05, 3.63) is 40.6 Å². The minimum absolute atomic E-state index is 0.204. The summed E-state index contributed by atoms with van der Waals surface area (Å²) in [5.74, 6) is 0.861. The normalized spacial score (nSPS) is 16.8. The number of amides is 1. The minimum atomic E-state index is -0.594. The molecule has 0 radical (unpaired) electrons. The molecule has 1 aliphatic rings. The van der Waals surface area contributed by atoms with E-state index in [1.165, 1.54) is 10.9 Å². The lowest BCUT2D eigenvalue weighted by Gasteiger charge is -2.34. The highest BCUT2D eigenvalue weighted by Gasteiger charge is 2.32. The Bertz CT molecular complexity index is 1260. The number of methoxy groups -OCH3 is 1. The van der Waals surface area contributed by atoms with Gasteiger partial charge in [-0.25, -0.2) is 19.6 Å². The molecule has 176 valence electrons. The summed E-state index contributed by atoms with van der Waals surface area (Å²) in [6.07, 6.45) is 2.42. The summed E-state index contributed by atoms with van der Waals surface area (Å²) in [6.45, 7) is 8.35. The van der Waals surface area contributed by atoms with Gasteiger partial charge in [0.1, 0.15) is 23.2 Å². The number of anilines is 1. The largest absolute Gasteiger partial charge is 0.496 e. The lowest BCUT2D eigenvalue weighted by Crippen LogP contribution is -2.45. The van der Waals surface area contributed by atoms with E-state index in [1.54, 1.807) is 22.6 Å². The molecule has 10 heteroatoms. The van der Waals surface area contributed by atoms with Crippen LogP contribution in [0, 0.1) is 6.92 Å². The van der Waals surface area contributed by atoms with E-state index in [9.17, 15) is 9.59 Å². The number of hydrogen-bond acceptors (Lipinski definition) is 7. The van der Waals surface area contributed by atoms with Crippen molar-refractivity contribution < 1.29 is 14.3 Å². The first kappa shape index (κ1) is 22.6. The number of ether oxygens (including phenoxy) is 2. The summed E-state index contributed by atoms with van der Waals surface area (Å²) in [5, 5.41) is 0. The van der Waals surface area contributed by atoms with E-state index in [4.69, 9.17) is 15.2 Å². The van der Waals surface area contributed by atoms with Crippen molar-refractivity contribution in [3.63, 3.8) is 0 Å². The number of piperidine rings is 1. The Morgan fingerprint density at radius 3 is 2.70 bits per heavy atom. The van der Waals surface area contributed by atoms with Crippen LogP contribution in [0.5, 0.6) is 5.75 Å². The maximum Gasteiger partial charge on any atom is 0.410 e. The van der Waals surface area contributed by atoms with Gasteiger partial charge in [0.2, 0.25) is 0 Å². The number of aromatic nitrogens is 4. The number of nitrogen functional groups attached to an aromatic ring is 1. The first-order valence-corrected chi connectivity index (χ1v) is 11.0. The average molecular weight is 455 g/mol. The summed E-state index contributed by atoms with van der Waals surface area (Å²) < 4.78 is 14.1. The third-order valence-electron chi connectivity index (χ3n) is 5.74. The van der Waals surface area contributed by atoms with Crippen LogP contribution in [-0.4, -0.2) is 55.9 Å². The van der Waals surface area contributed by atoms with Crippen molar-refractivity contribution in [1.29, 1.82) is 0 Å². The molecule has 3 heterocycles. The molecule has 1 amide bonds. The maximum atomic E-state index is 13.8. The van der Waals surface area contributed by atoms with E-state index in [-0.39, 0.29) is 23.6 Å². The molecule has 1 saturated heterocycles. The first-order chi connectivity index (χ1) is 15.6. The quantitative estimate of drug-likeness (QED) is 0.646. The number of aryl methyl sites for hydroxylation is 1. The predicted molar refractivity (Wildman–Crippen MR) is 125 cm³/mol. The third-order valence-corrected chi connectivity index (χ3v) is 5.74. The third kappa shape index (κ3) is 4.24. The Hall–Kier alpha value is -3.56. The average Bonchev–Trinajstić information content (AvgIpc) is 3.06. The number of benzene rings is 1.